The largest absolute Gasteiger partial charge is 0.358 e. The van der Waals surface area contributed by atoms with Crippen molar-refractivity contribution in [1.29, 1.82) is 0 Å². The molecule has 1 aromatic heterocycles. The number of benzene rings is 1. The van der Waals surface area contributed by atoms with Crippen LogP contribution in [0.2, 0.25) is 0 Å². The standard InChI is InChI=1S/C14H17NO/c1-9(16)10-5-6-12-11(7-10)8-13(15-12)14(2,3)4/h5-8,15H,1-4H3. The lowest BCUT2D eigenvalue weighted by Crippen LogP contribution is -2.10. The van der Waals surface area contributed by atoms with Crippen molar-refractivity contribution in [2.45, 2.75) is 33.1 Å². The third-order valence-corrected chi connectivity index (χ3v) is 2.84. The fourth-order valence-electron chi connectivity index (χ4n) is 1.76. The number of aromatic nitrogens is 1. The first-order chi connectivity index (χ1) is 7.38. The van der Waals surface area contributed by atoms with Gasteiger partial charge in [-0.05, 0) is 31.2 Å². The van der Waals surface area contributed by atoms with E-state index in [-0.39, 0.29) is 11.2 Å². The summed E-state index contributed by atoms with van der Waals surface area (Å²) < 4.78 is 0. The van der Waals surface area contributed by atoms with Crippen molar-refractivity contribution in [3.63, 3.8) is 0 Å². The third-order valence-electron chi connectivity index (χ3n) is 2.84. The predicted molar refractivity (Wildman–Crippen MR) is 67.0 cm³/mol. The van der Waals surface area contributed by atoms with Crippen molar-refractivity contribution in [2.24, 2.45) is 0 Å². The quantitative estimate of drug-likeness (QED) is 0.723. The summed E-state index contributed by atoms with van der Waals surface area (Å²) in [5.74, 6) is 0.111. The minimum atomic E-state index is 0.107. The molecule has 2 rings (SSSR count). The van der Waals surface area contributed by atoms with Gasteiger partial charge in [0.15, 0.2) is 5.78 Å². The Hall–Kier alpha value is -1.57. The Kier molecular flexibility index (Phi) is 2.38. The average Bonchev–Trinajstić information content (AvgIpc) is 2.58. The fourth-order valence-corrected chi connectivity index (χ4v) is 1.76. The molecule has 0 fully saturated rings. The minimum Gasteiger partial charge on any atom is -0.358 e. The average molecular weight is 215 g/mol. The molecule has 0 bridgehead atoms. The molecule has 0 saturated heterocycles. The van der Waals surface area contributed by atoms with Gasteiger partial charge >= 0.3 is 0 Å². The first-order valence-corrected chi connectivity index (χ1v) is 5.52. The maximum absolute atomic E-state index is 11.3. The number of nitrogens with one attached hydrogen (secondary N) is 1. The normalized spacial score (nSPS) is 12.0. The van der Waals surface area contributed by atoms with E-state index in [0.717, 1.165) is 16.5 Å². The van der Waals surface area contributed by atoms with Gasteiger partial charge in [-0.25, -0.2) is 0 Å². The summed E-state index contributed by atoms with van der Waals surface area (Å²) in [6.45, 7) is 8.11. The first kappa shape index (κ1) is 10.9. The van der Waals surface area contributed by atoms with E-state index in [2.05, 4.69) is 31.8 Å². The van der Waals surface area contributed by atoms with Crippen molar-refractivity contribution in [2.75, 3.05) is 0 Å². The summed E-state index contributed by atoms with van der Waals surface area (Å²) >= 11 is 0. The van der Waals surface area contributed by atoms with Crippen LogP contribution >= 0.6 is 0 Å². The van der Waals surface area contributed by atoms with E-state index in [4.69, 9.17) is 0 Å². The molecule has 16 heavy (non-hydrogen) atoms. The number of H-pyrrole nitrogens is 1. The lowest BCUT2D eigenvalue weighted by molar-refractivity contribution is 0.101. The van der Waals surface area contributed by atoms with E-state index in [9.17, 15) is 4.79 Å². The monoisotopic (exact) mass is 215 g/mol. The van der Waals surface area contributed by atoms with Crippen LogP contribution in [0.4, 0.5) is 0 Å². The highest BCUT2D eigenvalue weighted by Crippen LogP contribution is 2.26. The second-order valence-corrected chi connectivity index (χ2v) is 5.29. The lowest BCUT2D eigenvalue weighted by atomic mass is 9.92. The zero-order valence-corrected chi connectivity index (χ0v) is 10.2. The topological polar surface area (TPSA) is 32.9 Å². The molecule has 2 heteroatoms. The van der Waals surface area contributed by atoms with Gasteiger partial charge in [-0.15, -0.1) is 0 Å². The molecule has 0 unspecified atom stereocenters. The van der Waals surface area contributed by atoms with Crippen LogP contribution in [0.3, 0.4) is 0 Å². The Morgan fingerprint density at radius 1 is 1.19 bits per heavy atom. The van der Waals surface area contributed by atoms with E-state index in [0.29, 0.717) is 0 Å². The van der Waals surface area contributed by atoms with Crippen LogP contribution < -0.4 is 0 Å². The Morgan fingerprint density at radius 2 is 1.88 bits per heavy atom. The smallest absolute Gasteiger partial charge is 0.159 e. The number of aromatic amines is 1. The van der Waals surface area contributed by atoms with Crippen LogP contribution in [-0.2, 0) is 5.41 Å². The summed E-state index contributed by atoms with van der Waals surface area (Å²) in [6.07, 6.45) is 0. The molecule has 0 spiro atoms. The van der Waals surface area contributed by atoms with Crippen molar-refractivity contribution < 1.29 is 4.79 Å². The Morgan fingerprint density at radius 3 is 2.44 bits per heavy atom. The van der Waals surface area contributed by atoms with E-state index in [1.54, 1.807) is 6.92 Å². The SMILES string of the molecule is CC(=O)c1ccc2[nH]c(C(C)(C)C)cc2c1. The van der Waals surface area contributed by atoms with Gasteiger partial charge in [-0.2, -0.15) is 0 Å². The molecule has 0 amide bonds. The second-order valence-electron chi connectivity index (χ2n) is 5.29. The maximum atomic E-state index is 11.3. The molecule has 1 N–H and O–H groups in total. The van der Waals surface area contributed by atoms with Gasteiger partial charge in [-0.1, -0.05) is 20.8 Å². The van der Waals surface area contributed by atoms with Gasteiger partial charge in [0.05, 0.1) is 0 Å². The number of fused-ring (bicyclic) bond motifs is 1. The number of Topliss-reactive ketones (excluding diaryl/α,β-unsaturated/α-hetero) is 1. The molecule has 0 atom stereocenters. The third kappa shape index (κ3) is 1.87. The van der Waals surface area contributed by atoms with Gasteiger partial charge in [0.25, 0.3) is 0 Å². The zero-order chi connectivity index (χ0) is 11.9. The minimum absolute atomic E-state index is 0.107. The van der Waals surface area contributed by atoms with Crippen molar-refractivity contribution in [1.82, 2.24) is 4.98 Å². The van der Waals surface area contributed by atoms with Gasteiger partial charge in [-0.3, -0.25) is 4.79 Å². The molecule has 0 saturated carbocycles. The van der Waals surface area contributed by atoms with E-state index < -0.39 is 0 Å². The molecule has 2 aromatic rings. The van der Waals surface area contributed by atoms with Gasteiger partial charge in [0, 0.05) is 27.6 Å². The number of hydrogen-bond donors (Lipinski definition) is 1. The molecule has 0 aliphatic rings. The Balaban J connectivity index is 2.59. The number of rotatable bonds is 1. The van der Waals surface area contributed by atoms with Crippen LogP contribution in [0.25, 0.3) is 10.9 Å². The van der Waals surface area contributed by atoms with Crippen LogP contribution in [0, 0.1) is 0 Å². The fraction of sp³-hybridized carbons (Fsp3) is 0.357. The van der Waals surface area contributed by atoms with E-state index in [1.807, 2.05) is 18.2 Å². The zero-order valence-electron chi connectivity index (χ0n) is 10.2. The van der Waals surface area contributed by atoms with Crippen LogP contribution in [0.5, 0.6) is 0 Å². The summed E-state index contributed by atoms with van der Waals surface area (Å²) in [4.78, 5) is 14.7. The maximum Gasteiger partial charge on any atom is 0.159 e. The number of ketones is 1. The van der Waals surface area contributed by atoms with Gasteiger partial charge < -0.3 is 4.98 Å². The van der Waals surface area contributed by atoms with Crippen molar-refractivity contribution in [3.8, 4) is 0 Å². The van der Waals surface area contributed by atoms with E-state index in [1.165, 1.54) is 5.69 Å². The van der Waals surface area contributed by atoms with Gasteiger partial charge in [0.1, 0.15) is 0 Å². The van der Waals surface area contributed by atoms with Crippen molar-refractivity contribution >= 4 is 16.7 Å². The second kappa shape index (κ2) is 3.48. The molecule has 84 valence electrons. The molecule has 0 aliphatic heterocycles. The number of hydrogen-bond acceptors (Lipinski definition) is 1. The summed E-state index contributed by atoms with van der Waals surface area (Å²) in [5.41, 5.74) is 3.17. The van der Waals surface area contributed by atoms with Gasteiger partial charge in [0.2, 0.25) is 0 Å². The van der Waals surface area contributed by atoms with E-state index >= 15 is 0 Å². The molecular formula is C14H17NO. The summed E-state index contributed by atoms with van der Waals surface area (Å²) in [7, 11) is 0. The van der Waals surface area contributed by atoms with Crippen LogP contribution in [0.15, 0.2) is 24.3 Å². The highest BCUT2D eigenvalue weighted by molar-refractivity contribution is 5.98. The summed E-state index contributed by atoms with van der Waals surface area (Å²) in [6, 6.07) is 7.92. The number of carbonyl (C=O) groups excluding carboxylic acids is 1. The van der Waals surface area contributed by atoms with Crippen molar-refractivity contribution in [3.05, 3.63) is 35.5 Å². The molecule has 1 aromatic carbocycles. The number of carbonyl (C=O) groups is 1. The lowest BCUT2D eigenvalue weighted by Gasteiger charge is -2.15. The predicted octanol–water partition coefficient (Wildman–Crippen LogP) is 3.67. The Bertz CT molecular complexity index is 543. The summed E-state index contributed by atoms with van der Waals surface area (Å²) in [5, 5.41) is 1.11. The highest BCUT2D eigenvalue weighted by atomic mass is 16.1. The molecular weight excluding hydrogens is 198 g/mol. The molecule has 1 heterocycles. The molecule has 0 aliphatic carbocycles. The molecule has 2 nitrogen and oxygen atoms in total. The highest BCUT2D eigenvalue weighted by Gasteiger charge is 2.16. The first-order valence-electron chi connectivity index (χ1n) is 5.52. The van der Waals surface area contributed by atoms with Crippen LogP contribution in [-0.4, -0.2) is 10.8 Å². The molecule has 0 radical (unpaired) electrons. The Labute approximate surface area is 95.7 Å². The van der Waals surface area contributed by atoms with Crippen LogP contribution in [0.1, 0.15) is 43.7 Å².